The molecule has 5 nitrogen and oxygen atoms in total. The van der Waals surface area contributed by atoms with E-state index in [1.165, 1.54) is 11.1 Å². The molecule has 5 heteroatoms. The summed E-state index contributed by atoms with van der Waals surface area (Å²) in [4.78, 5) is 11.6. The lowest BCUT2D eigenvalue weighted by Gasteiger charge is -2.20. The molecule has 0 saturated carbocycles. The van der Waals surface area contributed by atoms with Crippen molar-refractivity contribution in [3.8, 4) is 5.75 Å². The molecule has 0 heterocycles. The van der Waals surface area contributed by atoms with E-state index in [1.807, 2.05) is 26.8 Å². The summed E-state index contributed by atoms with van der Waals surface area (Å²) in [7, 11) is 1.68. The second kappa shape index (κ2) is 7.01. The fraction of sp³-hybridized carbons (Fsp3) is 0.588. The number of hydrogen-bond donors (Lipinski definition) is 2. The Balaban J connectivity index is 1.77. The molecule has 1 aromatic rings. The van der Waals surface area contributed by atoms with Gasteiger partial charge in [-0.05, 0) is 56.9 Å². The third-order valence-electron chi connectivity index (χ3n) is 3.61. The number of carbonyl (C=O) groups excluding carboxylic acids is 1. The van der Waals surface area contributed by atoms with Crippen molar-refractivity contribution in [3.05, 3.63) is 29.3 Å². The fourth-order valence-corrected chi connectivity index (χ4v) is 2.64. The maximum atomic E-state index is 11.6. The van der Waals surface area contributed by atoms with E-state index in [0.29, 0.717) is 19.1 Å². The predicted molar refractivity (Wildman–Crippen MR) is 86.3 cm³/mol. The Labute approximate surface area is 132 Å². The first kappa shape index (κ1) is 16.6. The third kappa shape index (κ3) is 4.63. The van der Waals surface area contributed by atoms with Crippen LogP contribution < -0.4 is 15.4 Å². The van der Waals surface area contributed by atoms with Crippen molar-refractivity contribution >= 4 is 6.09 Å². The van der Waals surface area contributed by atoms with Gasteiger partial charge in [0.1, 0.15) is 11.4 Å². The number of amides is 1. The minimum Gasteiger partial charge on any atom is -0.497 e. The summed E-state index contributed by atoms with van der Waals surface area (Å²) in [5.74, 6) is 0.888. The lowest BCUT2D eigenvalue weighted by atomic mass is 10.1. The number of carbonyl (C=O) groups is 1. The van der Waals surface area contributed by atoms with Gasteiger partial charge in [-0.15, -0.1) is 0 Å². The molecule has 0 spiro atoms. The maximum absolute atomic E-state index is 11.6. The van der Waals surface area contributed by atoms with Crippen molar-refractivity contribution in [2.75, 3.05) is 20.2 Å². The number of aryl methyl sites for hydroxylation is 1. The zero-order chi connectivity index (χ0) is 16.2. The van der Waals surface area contributed by atoms with Gasteiger partial charge in [-0.1, -0.05) is 6.07 Å². The Morgan fingerprint density at radius 2 is 2.09 bits per heavy atom. The van der Waals surface area contributed by atoms with E-state index in [-0.39, 0.29) is 6.09 Å². The molecule has 122 valence electrons. The van der Waals surface area contributed by atoms with Crippen LogP contribution in [0.1, 0.15) is 44.4 Å². The van der Waals surface area contributed by atoms with Crippen molar-refractivity contribution in [3.63, 3.8) is 0 Å². The van der Waals surface area contributed by atoms with Crippen LogP contribution in [0, 0.1) is 0 Å². The van der Waals surface area contributed by atoms with E-state index in [2.05, 4.69) is 22.8 Å². The maximum Gasteiger partial charge on any atom is 0.407 e. The molecule has 1 aliphatic carbocycles. The topological polar surface area (TPSA) is 59.6 Å². The van der Waals surface area contributed by atoms with Crippen LogP contribution in [0.5, 0.6) is 5.75 Å². The fourth-order valence-electron chi connectivity index (χ4n) is 2.64. The summed E-state index contributed by atoms with van der Waals surface area (Å²) < 4.78 is 10.5. The quantitative estimate of drug-likeness (QED) is 0.821. The van der Waals surface area contributed by atoms with Gasteiger partial charge in [-0.25, -0.2) is 4.79 Å². The largest absolute Gasteiger partial charge is 0.497 e. The number of benzene rings is 1. The molecule has 22 heavy (non-hydrogen) atoms. The number of rotatable bonds is 5. The van der Waals surface area contributed by atoms with E-state index in [4.69, 9.17) is 9.47 Å². The number of methoxy groups -OCH3 is 1. The molecule has 0 aliphatic heterocycles. The zero-order valence-corrected chi connectivity index (χ0v) is 13.9. The van der Waals surface area contributed by atoms with Crippen LogP contribution >= 0.6 is 0 Å². The first-order valence-corrected chi connectivity index (χ1v) is 7.76. The number of ether oxygens (including phenoxy) is 2. The SMILES string of the molecule is COc1ccc2c(c1)C(NCCNC(=O)OC(C)(C)C)CC2. The summed E-state index contributed by atoms with van der Waals surface area (Å²) in [6, 6.07) is 6.56. The molecular formula is C17H26N2O3. The van der Waals surface area contributed by atoms with Crippen LogP contribution in [0.25, 0.3) is 0 Å². The van der Waals surface area contributed by atoms with Crippen LogP contribution in [-0.4, -0.2) is 31.9 Å². The van der Waals surface area contributed by atoms with E-state index < -0.39 is 5.60 Å². The minimum absolute atomic E-state index is 0.325. The average molecular weight is 306 g/mol. The number of alkyl carbamates (subject to hydrolysis) is 1. The molecule has 1 aliphatic rings. The van der Waals surface area contributed by atoms with Crippen LogP contribution in [-0.2, 0) is 11.2 Å². The molecule has 0 fully saturated rings. The summed E-state index contributed by atoms with van der Waals surface area (Å²) in [6.45, 7) is 6.82. The first-order chi connectivity index (χ1) is 10.4. The van der Waals surface area contributed by atoms with Gasteiger partial charge < -0.3 is 20.1 Å². The molecule has 0 aromatic heterocycles. The van der Waals surface area contributed by atoms with Gasteiger partial charge in [0.25, 0.3) is 0 Å². The van der Waals surface area contributed by atoms with Crippen molar-refractivity contribution in [2.24, 2.45) is 0 Å². The van der Waals surface area contributed by atoms with Crippen molar-refractivity contribution < 1.29 is 14.3 Å². The van der Waals surface area contributed by atoms with Crippen LogP contribution in [0.2, 0.25) is 0 Å². The number of hydrogen-bond acceptors (Lipinski definition) is 4. The molecule has 2 N–H and O–H groups in total. The third-order valence-corrected chi connectivity index (χ3v) is 3.61. The van der Waals surface area contributed by atoms with Gasteiger partial charge in [-0.3, -0.25) is 0 Å². The molecule has 0 bridgehead atoms. The Bertz CT molecular complexity index is 523. The number of fused-ring (bicyclic) bond motifs is 1. The average Bonchev–Trinajstić information content (AvgIpc) is 2.84. The lowest BCUT2D eigenvalue weighted by Crippen LogP contribution is -2.37. The van der Waals surface area contributed by atoms with Gasteiger partial charge in [-0.2, -0.15) is 0 Å². The highest BCUT2D eigenvalue weighted by Gasteiger charge is 2.22. The molecule has 1 atom stereocenters. The lowest BCUT2D eigenvalue weighted by molar-refractivity contribution is 0.0528. The summed E-state index contributed by atoms with van der Waals surface area (Å²) in [6.07, 6.45) is 1.79. The van der Waals surface area contributed by atoms with Crippen LogP contribution in [0.4, 0.5) is 4.79 Å². The van der Waals surface area contributed by atoms with Gasteiger partial charge in [0.2, 0.25) is 0 Å². The normalized spacial score (nSPS) is 17.0. The summed E-state index contributed by atoms with van der Waals surface area (Å²) >= 11 is 0. The highest BCUT2D eigenvalue weighted by molar-refractivity contribution is 5.67. The van der Waals surface area contributed by atoms with E-state index >= 15 is 0 Å². The molecule has 0 saturated heterocycles. The van der Waals surface area contributed by atoms with Crippen LogP contribution in [0.3, 0.4) is 0 Å². The predicted octanol–water partition coefficient (Wildman–Crippen LogP) is 2.80. The first-order valence-electron chi connectivity index (χ1n) is 7.76. The Morgan fingerprint density at radius 1 is 1.32 bits per heavy atom. The second-order valence-corrected chi connectivity index (χ2v) is 6.54. The van der Waals surface area contributed by atoms with Gasteiger partial charge >= 0.3 is 6.09 Å². The highest BCUT2D eigenvalue weighted by atomic mass is 16.6. The molecule has 1 aromatic carbocycles. The highest BCUT2D eigenvalue weighted by Crippen LogP contribution is 2.33. The summed E-state index contributed by atoms with van der Waals surface area (Å²) in [5, 5.41) is 6.24. The van der Waals surface area contributed by atoms with Gasteiger partial charge in [0.05, 0.1) is 7.11 Å². The Hall–Kier alpha value is -1.75. The van der Waals surface area contributed by atoms with E-state index in [1.54, 1.807) is 7.11 Å². The van der Waals surface area contributed by atoms with E-state index in [0.717, 1.165) is 18.6 Å². The molecule has 1 amide bonds. The van der Waals surface area contributed by atoms with Gasteiger partial charge in [0.15, 0.2) is 0 Å². The molecule has 0 radical (unpaired) electrons. The Morgan fingerprint density at radius 3 is 2.77 bits per heavy atom. The molecule has 2 rings (SSSR count). The monoisotopic (exact) mass is 306 g/mol. The smallest absolute Gasteiger partial charge is 0.407 e. The van der Waals surface area contributed by atoms with Crippen molar-refractivity contribution in [2.45, 2.75) is 45.3 Å². The summed E-state index contributed by atoms with van der Waals surface area (Å²) in [5.41, 5.74) is 2.22. The van der Waals surface area contributed by atoms with E-state index in [9.17, 15) is 4.79 Å². The zero-order valence-electron chi connectivity index (χ0n) is 13.9. The molecule has 1 unspecified atom stereocenters. The van der Waals surface area contributed by atoms with Crippen LogP contribution in [0.15, 0.2) is 18.2 Å². The van der Waals surface area contributed by atoms with Crippen molar-refractivity contribution in [1.82, 2.24) is 10.6 Å². The second-order valence-electron chi connectivity index (χ2n) is 6.54. The Kier molecular flexibility index (Phi) is 5.29. The minimum atomic E-state index is -0.460. The number of nitrogens with one attached hydrogen (secondary N) is 2. The molecular weight excluding hydrogens is 280 g/mol. The van der Waals surface area contributed by atoms with Crippen molar-refractivity contribution in [1.29, 1.82) is 0 Å². The standard InChI is InChI=1S/C17H26N2O3/c1-17(2,3)22-16(20)19-10-9-18-15-8-6-12-5-7-13(21-4)11-14(12)15/h5,7,11,15,18H,6,8-10H2,1-4H3,(H,19,20). The van der Waals surface area contributed by atoms with Gasteiger partial charge in [0, 0.05) is 19.1 Å².